The van der Waals surface area contributed by atoms with E-state index in [1.54, 1.807) is 7.05 Å². The van der Waals surface area contributed by atoms with Crippen LogP contribution in [-0.4, -0.2) is 23.6 Å². The Bertz CT molecular complexity index is 782. The third kappa shape index (κ3) is 2.67. The molecule has 2 aromatic rings. The van der Waals surface area contributed by atoms with Crippen LogP contribution in [0.1, 0.15) is 24.8 Å². The number of aliphatic imine (C=N–C) groups is 1. The number of ketones is 1. The summed E-state index contributed by atoms with van der Waals surface area (Å²) >= 11 is 0. The van der Waals surface area contributed by atoms with Gasteiger partial charge in [-0.2, -0.15) is 0 Å². The molecule has 2 aromatic carbocycles. The lowest BCUT2D eigenvalue weighted by Crippen LogP contribution is -2.21. The molecule has 0 spiro atoms. The molecule has 0 bridgehead atoms. The molecular weight excluding hydrogens is 274 g/mol. The van der Waals surface area contributed by atoms with Crippen LogP contribution in [0.3, 0.4) is 0 Å². The van der Waals surface area contributed by atoms with Crippen LogP contribution in [0.25, 0.3) is 10.8 Å². The zero-order valence-corrected chi connectivity index (χ0v) is 12.7. The van der Waals surface area contributed by atoms with E-state index in [0.29, 0.717) is 18.4 Å². The predicted octanol–water partition coefficient (Wildman–Crippen LogP) is 4.02. The topological polar surface area (TPSA) is 49.7 Å². The summed E-state index contributed by atoms with van der Waals surface area (Å²) in [5.41, 5.74) is 2.19. The van der Waals surface area contributed by atoms with Gasteiger partial charge in [0.05, 0.1) is 5.57 Å². The van der Waals surface area contributed by atoms with Gasteiger partial charge in [0, 0.05) is 25.6 Å². The highest BCUT2D eigenvalue weighted by atomic mass is 16.3. The lowest BCUT2D eigenvalue weighted by atomic mass is 9.88. The van der Waals surface area contributed by atoms with E-state index in [0.717, 1.165) is 34.9 Å². The highest BCUT2D eigenvalue weighted by Crippen LogP contribution is 2.25. The van der Waals surface area contributed by atoms with E-state index in [9.17, 15) is 9.90 Å². The molecule has 0 atom stereocenters. The highest BCUT2D eigenvalue weighted by molar-refractivity contribution is 6.24. The number of aliphatic hydroxyl groups excluding tert-OH is 1. The van der Waals surface area contributed by atoms with Crippen LogP contribution < -0.4 is 0 Å². The normalized spacial score (nSPS) is 19.7. The molecule has 0 radical (unpaired) electrons. The van der Waals surface area contributed by atoms with Crippen molar-refractivity contribution in [1.29, 1.82) is 0 Å². The summed E-state index contributed by atoms with van der Waals surface area (Å²) in [6.07, 6.45) is 2.43. The van der Waals surface area contributed by atoms with Crippen molar-refractivity contribution in [3.63, 3.8) is 0 Å². The van der Waals surface area contributed by atoms with Crippen LogP contribution in [0.5, 0.6) is 0 Å². The van der Waals surface area contributed by atoms with Gasteiger partial charge in [0.1, 0.15) is 5.76 Å². The van der Waals surface area contributed by atoms with Crippen molar-refractivity contribution < 1.29 is 9.90 Å². The minimum Gasteiger partial charge on any atom is -0.511 e. The van der Waals surface area contributed by atoms with E-state index in [2.05, 4.69) is 4.99 Å². The van der Waals surface area contributed by atoms with E-state index in [1.807, 2.05) is 42.5 Å². The Hall–Kier alpha value is -2.42. The van der Waals surface area contributed by atoms with Crippen LogP contribution in [-0.2, 0) is 11.2 Å². The predicted molar refractivity (Wildman–Crippen MR) is 89.5 cm³/mol. The summed E-state index contributed by atoms with van der Waals surface area (Å²) in [5, 5.41) is 12.8. The molecular formula is C19H19NO2. The van der Waals surface area contributed by atoms with Gasteiger partial charge in [-0.25, -0.2) is 0 Å². The van der Waals surface area contributed by atoms with Gasteiger partial charge >= 0.3 is 0 Å². The number of fused-ring (bicyclic) bond motifs is 1. The molecule has 22 heavy (non-hydrogen) atoms. The summed E-state index contributed by atoms with van der Waals surface area (Å²) in [7, 11) is 1.68. The maximum atomic E-state index is 12.2. The first-order valence-electron chi connectivity index (χ1n) is 7.58. The lowest BCUT2D eigenvalue weighted by Gasteiger charge is -2.17. The minimum absolute atomic E-state index is 0.00425. The largest absolute Gasteiger partial charge is 0.511 e. The average molecular weight is 293 g/mol. The molecule has 1 saturated carbocycles. The summed E-state index contributed by atoms with van der Waals surface area (Å²) in [6.45, 7) is 0. The lowest BCUT2D eigenvalue weighted by molar-refractivity contribution is -0.115. The van der Waals surface area contributed by atoms with Crippen LogP contribution in [0, 0.1) is 0 Å². The van der Waals surface area contributed by atoms with Crippen LogP contribution in [0.2, 0.25) is 0 Å². The first kappa shape index (κ1) is 14.5. The molecule has 3 heteroatoms. The Balaban J connectivity index is 2.03. The van der Waals surface area contributed by atoms with Crippen molar-refractivity contribution in [3.8, 4) is 0 Å². The Morgan fingerprint density at radius 2 is 1.91 bits per heavy atom. The van der Waals surface area contributed by atoms with Crippen LogP contribution in [0.4, 0.5) is 0 Å². The summed E-state index contributed by atoms with van der Waals surface area (Å²) in [5.74, 6) is 0.145. The fourth-order valence-corrected chi connectivity index (χ4v) is 3.09. The average Bonchev–Trinajstić information content (AvgIpc) is 2.54. The zero-order chi connectivity index (χ0) is 15.5. The van der Waals surface area contributed by atoms with Gasteiger partial charge in [0.2, 0.25) is 0 Å². The first-order chi connectivity index (χ1) is 10.7. The van der Waals surface area contributed by atoms with Crippen molar-refractivity contribution in [3.05, 3.63) is 59.4 Å². The van der Waals surface area contributed by atoms with Gasteiger partial charge in [0.25, 0.3) is 0 Å². The molecule has 0 heterocycles. The molecule has 3 rings (SSSR count). The van der Waals surface area contributed by atoms with E-state index in [-0.39, 0.29) is 11.5 Å². The molecule has 3 nitrogen and oxygen atoms in total. The second-order valence-corrected chi connectivity index (χ2v) is 5.58. The third-order valence-electron chi connectivity index (χ3n) is 4.18. The second kappa shape index (κ2) is 6.14. The SMILES string of the molecule is CN=C1CCCC(=O)/C1=C(/O)Cc1cccc2ccccc12. The Kier molecular flexibility index (Phi) is 4.05. The molecule has 0 aliphatic heterocycles. The van der Waals surface area contributed by atoms with Crippen molar-refractivity contribution in [2.75, 3.05) is 7.05 Å². The monoisotopic (exact) mass is 293 g/mol. The molecule has 1 fully saturated rings. The van der Waals surface area contributed by atoms with Crippen LogP contribution >= 0.6 is 0 Å². The van der Waals surface area contributed by atoms with Crippen molar-refractivity contribution in [2.45, 2.75) is 25.7 Å². The van der Waals surface area contributed by atoms with E-state index in [4.69, 9.17) is 0 Å². The first-order valence-corrected chi connectivity index (χ1v) is 7.58. The number of hydrogen-bond donors (Lipinski definition) is 1. The van der Waals surface area contributed by atoms with Crippen molar-refractivity contribution in [2.24, 2.45) is 4.99 Å². The molecule has 0 amide bonds. The highest BCUT2D eigenvalue weighted by Gasteiger charge is 2.25. The molecule has 0 unspecified atom stereocenters. The van der Waals surface area contributed by atoms with Crippen LogP contribution in [0.15, 0.2) is 58.8 Å². The number of carbonyl (C=O) groups excluding carboxylic acids is 1. The zero-order valence-electron chi connectivity index (χ0n) is 12.7. The third-order valence-corrected chi connectivity index (χ3v) is 4.18. The Morgan fingerprint density at radius 3 is 2.73 bits per heavy atom. The van der Waals surface area contributed by atoms with Gasteiger partial charge < -0.3 is 5.11 Å². The van der Waals surface area contributed by atoms with Gasteiger partial charge in [-0.05, 0) is 29.2 Å². The van der Waals surface area contributed by atoms with Gasteiger partial charge in [-0.3, -0.25) is 9.79 Å². The molecule has 1 aliphatic carbocycles. The Labute approximate surface area is 130 Å². The summed E-state index contributed by atoms with van der Waals surface area (Å²) in [4.78, 5) is 16.3. The number of allylic oxidation sites excluding steroid dienone is 2. The van der Waals surface area contributed by atoms with Gasteiger partial charge in [-0.15, -0.1) is 0 Å². The number of nitrogens with zero attached hydrogens (tertiary/aromatic N) is 1. The minimum atomic E-state index is 0.00425. The number of rotatable bonds is 2. The molecule has 1 N–H and O–H groups in total. The maximum absolute atomic E-state index is 12.2. The Morgan fingerprint density at radius 1 is 1.14 bits per heavy atom. The molecule has 112 valence electrons. The van der Waals surface area contributed by atoms with E-state index >= 15 is 0 Å². The molecule has 0 aromatic heterocycles. The number of hydrogen-bond acceptors (Lipinski definition) is 3. The van der Waals surface area contributed by atoms with Gasteiger partial charge in [-0.1, -0.05) is 42.5 Å². The maximum Gasteiger partial charge on any atom is 0.168 e. The fraction of sp³-hybridized carbons (Fsp3) is 0.263. The standard InChI is InChI=1S/C19H19NO2/c1-20-16-10-5-11-17(21)19(16)18(22)12-14-8-4-7-13-6-2-3-9-15(13)14/h2-4,6-9,22H,5,10-12H2,1H3/b19-18+,20-16?. The number of aliphatic hydroxyl groups is 1. The second-order valence-electron chi connectivity index (χ2n) is 5.58. The molecule has 1 aliphatic rings. The quantitative estimate of drug-likeness (QED) is 0.671. The van der Waals surface area contributed by atoms with Crippen molar-refractivity contribution >= 4 is 22.3 Å². The van der Waals surface area contributed by atoms with Gasteiger partial charge in [0.15, 0.2) is 5.78 Å². The smallest absolute Gasteiger partial charge is 0.168 e. The van der Waals surface area contributed by atoms with E-state index < -0.39 is 0 Å². The fourth-order valence-electron chi connectivity index (χ4n) is 3.09. The number of Topliss-reactive ketones (excluding diaryl/α,β-unsaturated/α-hetero) is 1. The number of carbonyl (C=O) groups is 1. The molecule has 0 saturated heterocycles. The van der Waals surface area contributed by atoms with E-state index in [1.165, 1.54) is 0 Å². The number of benzene rings is 2. The summed E-state index contributed by atoms with van der Waals surface area (Å²) in [6, 6.07) is 14.1. The van der Waals surface area contributed by atoms with Crippen molar-refractivity contribution in [1.82, 2.24) is 0 Å². The summed E-state index contributed by atoms with van der Waals surface area (Å²) < 4.78 is 0.